The predicted molar refractivity (Wildman–Crippen MR) is 247 cm³/mol. The number of rotatable bonds is 4. The van der Waals surface area contributed by atoms with E-state index < -0.39 is 0 Å². The zero-order valence-corrected chi connectivity index (χ0v) is 31.8. The fraction of sp³-hybridized carbons (Fsp3) is 0. The predicted octanol–water partition coefficient (Wildman–Crippen LogP) is 15.4. The minimum Gasteiger partial charge on any atom is -0.456 e. The lowest BCUT2D eigenvalue weighted by Crippen LogP contribution is -1.97. The van der Waals surface area contributed by atoms with Crippen molar-refractivity contribution in [1.82, 2.24) is 9.97 Å². The van der Waals surface area contributed by atoms with E-state index in [9.17, 15) is 0 Å². The van der Waals surface area contributed by atoms with Crippen molar-refractivity contribution in [1.29, 1.82) is 0 Å². The molecule has 13 aromatic rings. The van der Waals surface area contributed by atoms with E-state index in [4.69, 9.17) is 14.4 Å². The minimum absolute atomic E-state index is 0.677. The molecule has 11 aromatic carbocycles. The molecular formula is C56H32N2O. The molecule has 3 heteroatoms. The van der Waals surface area contributed by atoms with Crippen LogP contribution in [0.5, 0.6) is 0 Å². The summed E-state index contributed by atoms with van der Waals surface area (Å²) < 4.78 is 6.34. The van der Waals surface area contributed by atoms with Crippen molar-refractivity contribution in [2.75, 3.05) is 0 Å². The number of hydrogen-bond donors (Lipinski definition) is 0. The van der Waals surface area contributed by atoms with Crippen molar-refractivity contribution in [3.63, 3.8) is 0 Å². The molecule has 0 amide bonds. The van der Waals surface area contributed by atoms with Crippen molar-refractivity contribution in [3.05, 3.63) is 194 Å². The second-order valence-electron chi connectivity index (χ2n) is 15.6. The molecule has 3 nitrogen and oxygen atoms in total. The Bertz CT molecular complexity index is 3840. The van der Waals surface area contributed by atoms with Gasteiger partial charge in [-0.3, -0.25) is 0 Å². The Labute approximate surface area is 338 Å². The van der Waals surface area contributed by atoms with E-state index in [-0.39, 0.29) is 0 Å². The lowest BCUT2D eigenvalue weighted by Gasteiger charge is -2.18. The second-order valence-corrected chi connectivity index (χ2v) is 15.6. The van der Waals surface area contributed by atoms with Crippen LogP contribution in [0.2, 0.25) is 0 Å². The van der Waals surface area contributed by atoms with E-state index in [1.165, 1.54) is 64.6 Å². The first-order chi connectivity index (χ1) is 29.2. The summed E-state index contributed by atoms with van der Waals surface area (Å²) >= 11 is 0. The Balaban J connectivity index is 1.09. The highest BCUT2D eigenvalue weighted by Crippen LogP contribution is 2.45. The topological polar surface area (TPSA) is 38.9 Å². The lowest BCUT2D eigenvalue weighted by molar-refractivity contribution is 0.669. The van der Waals surface area contributed by atoms with Gasteiger partial charge in [-0.05, 0) is 112 Å². The van der Waals surface area contributed by atoms with Gasteiger partial charge in [0.15, 0.2) is 5.82 Å². The lowest BCUT2D eigenvalue weighted by atomic mass is 9.86. The first-order valence-electron chi connectivity index (χ1n) is 20.1. The standard InChI is InChI=1S/C56H32N2O/c1-2-11-36(12-3-1)56-57-48(37-27-28-43-42-18-6-7-22-50(42)59-51(43)31-37)32-49(58-56)41-17-5-4-16-40(41)39-29-38-26-25-35-14-9-20-45-44-19-8-13-33-23-24-34-15-10-21-46(54(34)52(33)44)47(30-39)55(38)53(35)45/h1-32H. The van der Waals surface area contributed by atoms with Crippen molar-refractivity contribution in [2.24, 2.45) is 0 Å². The van der Waals surface area contributed by atoms with E-state index in [1.807, 2.05) is 30.3 Å². The highest BCUT2D eigenvalue weighted by molar-refractivity contribution is 6.37. The molecule has 0 atom stereocenters. The number of nitrogens with zero attached hydrogens (tertiary/aromatic N) is 2. The second kappa shape index (κ2) is 12.3. The zero-order valence-electron chi connectivity index (χ0n) is 31.8. The van der Waals surface area contributed by atoms with E-state index >= 15 is 0 Å². The van der Waals surface area contributed by atoms with Gasteiger partial charge in [-0.15, -0.1) is 0 Å². The monoisotopic (exact) mass is 748 g/mol. The number of para-hydroxylation sites is 1. The Morgan fingerprint density at radius 1 is 0.288 bits per heavy atom. The molecule has 0 aliphatic carbocycles. The summed E-state index contributed by atoms with van der Waals surface area (Å²) in [6.45, 7) is 0. The molecule has 13 rings (SSSR count). The van der Waals surface area contributed by atoms with Crippen LogP contribution < -0.4 is 0 Å². The first kappa shape index (κ1) is 32.2. The van der Waals surface area contributed by atoms with Gasteiger partial charge in [0.2, 0.25) is 0 Å². The average molecular weight is 749 g/mol. The quantitative estimate of drug-likeness (QED) is 0.168. The molecule has 59 heavy (non-hydrogen) atoms. The average Bonchev–Trinajstić information content (AvgIpc) is 3.68. The highest BCUT2D eigenvalue weighted by atomic mass is 16.3. The molecule has 0 saturated carbocycles. The molecule has 0 saturated heterocycles. The first-order valence-corrected chi connectivity index (χ1v) is 20.1. The van der Waals surface area contributed by atoms with Crippen molar-refractivity contribution < 1.29 is 4.42 Å². The van der Waals surface area contributed by atoms with Gasteiger partial charge in [-0.2, -0.15) is 0 Å². The van der Waals surface area contributed by atoms with Crippen LogP contribution in [-0.4, -0.2) is 9.97 Å². The molecule has 0 unspecified atom stereocenters. The smallest absolute Gasteiger partial charge is 0.160 e. The summed E-state index contributed by atoms with van der Waals surface area (Å²) in [6.07, 6.45) is 0. The van der Waals surface area contributed by atoms with Crippen molar-refractivity contribution in [3.8, 4) is 45.0 Å². The van der Waals surface area contributed by atoms with Gasteiger partial charge >= 0.3 is 0 Å². The summed E-state index contributed by atoms with van der Waals surface area (Å²) in [7, 11) is 0. The van der Waals surface area contributed by atoms with Crippen molar-refractivity contribution >= 4 is 86.6 Å². The maximum absolute atomic E-state index is 6.34. The van der Waals surface area contributed by atoms with Gasteiger partial charge < -0.3 is 4.42 Å². The Kier molecular flexibility index (Phi) is 6.72. The molecule has 0 fully saturated rings. The molecule has 0 radical (unpaired) electrons. The number of aromatic nitrogens is 2. The minimum atomic E-state index is 0.677. The van der Waals surface area contributed by atoms with Crippen LogP contribution in [0.4, 0.5) is 0 Å². The van der Waals surface area contributed by atoms with Gasteiger partial charge in [-0.25, -0.2) is 9.97 Å². The molecule has 0 N–H and O–H groups in total. The molecule has 2 aromatic heterocycles. The van der Waals surface area contributed by atoms with E-state index in [1.54, 1.807) is 0 Å². The summed E-state index contributed by atoms with van der Waals surface area (Å²) in [5.74, 6) is 0.677. The maximum atomic E-state index is 6.34. The summed E-state index contributed by atoms with van der Waals surface area (Å²) in [4.78, 5) is 10.5. The van der Waals surface area contributed by atoms with Gasteiger partial charge in [0, 0.05) is 27.5 Å². The van der Waals surface area contributed by atoms with Crippen LogP contribution in [0.1, 0.15) is 0 Å². The third-order valence-electron chi connectivity index (χ3n) is 12.4. The normalized spacial score (nSPS) is 12.1. The SMILES string of the molecule is c1ccc(-c2nc(-c3ccc4c(c3)oc3ccccc34)cc(-c3ccccc3-c3cc4ccc5cccc6c7cccc8ccc9cccc(c(c3)c4c56)c9c87)n2)cc1. The van der Waals surface area contributed by atoms with Crippen LogP contribution in [0, 0.1) is 0 Å². The molecule has 0 aliphatic rings. The van der Waals surface area contributed by atoms with Crippen LogP contribution >= 0.6 is 0 Å². The van der Waals surface area contributed by atoms with Crippen LogP contribution in [0.3, 0.4) is 0 Å². The van der Waals surface area contributed by atoms with E-state index in [0.29, 0.717) is 5.82 Å². The number of benzene rings is 10. The van der Waals surface area contributed by atoms with Gasteiger partial charge in [0.05, 0.1) is 11.4 Å². The summed E-state index contributed by atoms with van der Waals surface area (Å²) in [5, 5.41) is 17.4. The Morgan fingerprint density at radius 3 is 1.58 bits per heavy atom. The van der Waals surface area contributed by atoms with E-state index in [0.717, 1.165) is 61.1 Å². The molecule has 0 spiro atoms. The van der Waals surface area contributed by atoms with Crippen molar-refractivity contribution in [2.45, 2.75) is 0 Å². The molecule has 2 heterocycles. The van der Waals surface area contributed by atoms with E-state index in [2.05, 4.69) is 164 Å². The largest absolute Gasteiger partial charge is 0.456 e. The number of fused-ring (bicyclic) bond motifs is 5. The number of hydrogen-bond acceptors (Lipinski definition) is 3. The summed E-state index contributed by atoms with van der Waals surface area (Å²) in [5.41, 5.74) is 8.65. The van der Waals surface area contributed by atoms with Gasteiger partial charge in [0.1, 0.15) is 11.2 Å². The highest BCUT2D eigenvalue weighted by Gasteiger charge is 2.19. The fourth-order valence-corrected chi connectivity index (χ4v) is 9.73. The fourth-order valence-electron chi connectivity index (χ4n) is 9.73. The Hall–Kier alpha value is -7.88. The molecular weight excluding hydrogens is 717 g/mol. The Morgan fingerprint density at radius 2 is 0.847 bits per heavy atom. The molecule has 0 aliphatic heterocycles. The summed E-state index contributed by atoms with van der Waals surface area (Å²) in [6, 6.07) is 69.9. The third kappa shape index (κ3) is 4.82. The van der Waals surface area contributed by atoms with Crippen LogP contribution in [-0.2, 0) is 0 Å². The van der Waals surface area contributed by atoms with Crippen LogP contribution in [0.15, 0.2) is 199 Å². The molecule has 0 bridgehead atoms. The molecule has 272 valence electrons. The zero-order chi connectivity index (χ0) is 38.6. The number of furan rings is 1. The third-order valence-corrected chi connectivity index (χ3v) is 12.4. The van der Waals surface area contributed by atoms with Gasteiger partial charge in [-0.1, -0.05) is 158 Å². The maximum Gasteiger partial charge on any atom is 0.160 e. The van der Waals surface area contributed by atoms with Gasteiger partial charge in [0.25, 0.3) is 0 Å². The van der Waals surface area contributed by atoms with Crippen LogP contribution in [0.25, 0.3) is 132 Å².